The molecular weight excluding hydrogens is 296 g/mol. The third-order valence-electron chi connectivity index (χ3n) is 3.95. The van der Waals surface area contributed by atoms with Gasteiger partial charge in [0.05, 0.1) is 29.0 Å². The molecule has 2 aromatic carbocycles. The van der Waals surface area contributed by atoms with Gasteiger partial charge in [-0.15, -0.1) is 0 Å². The van der Waals surface area contributed by atoms with Gasteiger partial charge in [-0.1, -0.05) is 23.7 Å². The van der Waals surface area contributed by atoms with E-state index < -0.39 is 0 Å². The highest BCUT2D eigenvalue weighted by molar-refractivity contribution is 7.14. The molecule has 2 heterocycles. The van der Waals surface area contributed by atoms with Crippen molar-refractivity contribution in [3.8, 4) is 5.69 Å². The first-order valence-corrected chi connectivity index (χ1v) is 8.14. The lowest BCUT2D eigenvalue weighted by Gasteiger charge is -2.28. The van der Waals surface area contributed by atoms with Crippen LogP contribution in [0.2, 0.25) is 0 Å². The number of rotatable bonds is 2. The first-order valence-electron chi connectivity index (χ1n) is 7.37. The number of hydrogen-bond acceptors (Lipinski definition) is 4. The summed E-state index contributed by atoms with van der Waals surface area (Å²) in [6, 6.07) is 15.9. The average molecular weight is 312 g/mol. The fourth-order valence-electron chi connectivity index (χ4n) is 2.76. The smallest absolute Gasteiger partial charge is 0.273 e. The molecule has 1 saturated heterocycles. The number of ether oxygens (including phenoxy) is 1. The van der Waals surface area contributed by atoms with Crippen molar-refractivity contribution in [2.45, 2.75) is 0 Å². The molecule has 0 aliphatic carbocycles. The molecular formula is C17H16N2O2S. The van der Waals surface area contributed by atoms with Crippen LogP contribution in [-0.4, -0.2) is 30.3 Å². The highest BCUT2D eigenvalue weighted by atomic mass is 32.1. The topological polar surface area (TPSA) is 34.5 Å². The molecule has 1 aromatic heterocycles. The molecule has 0 spiro atoms. The van der Waals surface area contributed by atoms with E-state index in [1.165, 1.54) is 17.2 Å². The number of hydrogen-bond donors (Lipinski definition) is 0. The van der Waals surface area contributed by atoms with Crippen LogP contribution in [0.4, 0.5) is 5.69 Å². The van der Waals surface area contributed by atoms with Crippen LogP contribution in [0.3, 0.4) is 0 Å². The molecule has 22 heavy (non-hydrogen) atoms. The van der Waals surface area contributed by atoms with Gasteiger partial charge in [-0.3, -0.25) is 4.79 Å². The SMILES string of the molecule is O=c1c2ccccc2sn1-c1ccc(N2CCOCC2)cc1. The Morgan fingerprint density at radius 3 is 2.32 bits per heavy atom. The first kappa shape index (κ1) is 13.5. The van der Waals surface area contributed by atoms with Gasteiger partial charge in [0.2, 0.25) is 0 Å². The van der Waals surface area contributed by atoms with E-state index in [-0.39, 0.29) is 5.56 Å². The Kier molecular flexibility index (Phi) is 3.44. The lowest BCUT2D eigenvalue weighted by molar-refractivity contribution is 0.122. The molecule has 0 N–H and O–H groups in total. The quantitative estimate of drug-likeness (QED) is 0.730. The van der Waals surface area contributed by atoms with E-state index in [0.29, 0.717) is 0 Å². The number of morpholine rings is 1. The van der Waals surface area contributed by atoms with Crippen molar-refractivity contribution < 1.29 is 4.74 Å². The number of fused-ring (bicyclic) bond motifs is 1. The van der Waals surface area contributed by atoms with Crippen molar-refractivity contribution in [2.24, 2.45) is 0 Å². The fraction of sp³-hybridized carbons (Fsp3) is 0.235. The standard InChI is InChI=1S/C17H16N2O2S/c20-17-15-3-1-2-4-16(15)22-19(17)14-7-5-13(6-8-14)18-9-11-21-12-10-18/h1-8H,9-12H2. The van der Waals surface area contributed by atoms with Crippen molar-refractivity contribution in [1.29, 1.82) is 0 Å². The zero-order valence-electron chi connectivity index (χ0n) is 12.1. The molecule has 1 aliphatic rings. The van der Waals surface area contributed by atoms with E-state index >= 15 is 0 Å². The molecule has 0 amide bonds. The van der Waals surface area contributed by atoms with Crippen LogP contribution < -0.4 is 10.5 Å². The fourth-order valence-corrected chi connectivity index (χ4v) is 3.76. The van der Waals surface area contributed by atoms with Crippen LogP contribution in [0.5, 0.6) is 0 Å². The molecule has 1 fully saturated rings. The van der Waals surface area contributed by atoms with Gasteiger partial charge in [0, 0.05) is 18.8 Å². The minimum absolute atomic E-state index is 0.0553. The molecule has 0 unspecified atom stereocenters. The molecule has 4 nitrogen and oxygen atoms in total. The number of nitrogens with zero attached hydrogens (tertiary/aromatic N) is 2. The molecule has 1 aliphatic heterocycles. The van der Waals surface area contributed by atoms with E-state index in [2.05, 4.69) is 17.0 Å². The summed E-state index contributed by atoms with van der Waals surface area (Å²) in [5.41, 5.74) is 2.16. The summed E-state index contributed by atoms with van der Waals surface area (Å²) >= 11 is 1.49. The van der Waals surface area contributed by atoms with Crippen molar-refractivity contribution in [3.05, 3.63) is 58.9 Å². The lowest BCUT2D eigenvalue weighted by atomic mass is 10.2. The summed E-state index contributed by atoms with van der Waals surface area (Å²) in [5, 5.41) is 0.782. The minimum atomic E-state index is 0.0553. The molecule has 4 rings (SSSR count). The van der Waals surface area contributed by atoms with Gasteiger partial charge in [0.1, 0.15) is 0 Å². The predicted molar refractivity (Wildman–Crippen MR) is 90.5 cm³/mol. The average Bonchev–Trinajstić information content (AvgIpc) is 2.93. The monoisotopic (exact) mass is 312 g/mol. The Balaban J connectivity index is 1.70. The lowest BCUT2D eigenvalue weighted by Crippen LogP contribution is -2.36. The molecule has 0 radical (unpaired) electrons. The molecule has 5 heteroatoms. The Labute approximate surface area is 132 Å². The molecule has 0 bridgehead atoms. The third kappa shape index (κ3) is 2.32. The highest BCUT2D eigenvalue weighted by Gasteiger charge is 2.12. The van der Waals surface area contributed by atoms with E-state index in [4.69, 9.17) is 4.74 Å². The van der Waals surface area contributed by atoms with Gasteiger partial charge in [-0.05, 0) is 36.4 Å². The summed E-state index contributed by atoms with van der Waals surface area (Å²) in [6.07, 6.45) is 0. The third-order valence-corrected chi connectivity index (χ3v) is 5.06. The zero-order valence-corrected chi connectivity index (χ0v) is 12.9. The van der Waals surface area contributed by atoms with Crippen LogP contribution in [0.25, 0.3) is 15.8 Å². The maximum Gasteiger partial charge on any atom is 0.273 e. The van der Waals surface area contributed by atoms with Crippen molar-refractivity contribution >= 4 is 27.3 Å². The molecule has 0 saturated carbocycles. The van der Waals surface area contributed by atoms with E-state index in [1.54, 1.807) is 3.96 Å². The van der Waals surface area contributed by atoms with Crippen LogP contribution in [0, 0.1) is 0 Å². The van der Waals surface area contributed by atoms with Gasteiger partial charge in [0.15, 0.2) is 0 Å². The first-order chi connectivity index (χ1) is 10.8. The van der Waals surface area contributed by atoms with Gasteiger partial charge in [-0.2, -0.15) is 0 Å². The Bertz CT molecular complexity index is 845. The van der Waals surface area contributed by atoms with Gasteiger partial charge in [-0.25, -0.2) is 3.96 Å². The molecule has 3 aromatic rings. The predicted octanol–water partition coefficient (Wildman–Crippen LogP) is 2.89. The highest BCUT2D eigenvalue weighted by Crippen LogP contribution is 2.22. The number of aromatic nitrogens is 1. The number of benzene rings is 2. The maximum atomic E-state index is 12.5. The van der Waals surface area contributed by atoms with Crippen molar-refractivity contribution in [2.75, 3.05) is 31.2 Å². The second kappa shape index (κ2) is 5.59. The van der Waals surface area contributed by atoms with Gasteiger partial charge < -0.3 is 9.64 Å². The van der Waals surface area contributed by atoms with Crippen LogP contribution in [-0.2, 0) is 4.74 Å². The zero-order chi connectivity index (χ0) is 14.9. The van der Waals surface area contributed by atoms with Crippen LogP contribution >= 0.6 is 11.5 Å². The summed E-state index contributed by atoms with van der Waals surface area (Å²) < 4.78 is 8.15. The number of anilines is 1. The van der Waals surface area contributed by atoms with Crippen LogP contribution in [0.15, 0.2) is 53.3 Å². The van der Waals surface area contributed by atoms with Crippen LogP contribution in [0.1, 0.15) is 0 Å². The van der Waals surface area contributed by atoms with Gasteiger partial charge in [0.25, 0.3) is 5.56 Å². The minimum Gasteiger partial charge on any atom is -0.378 e. The second-order valence-corrected chi connectivity index (χ2v) is 6.29. The van der Waals surface area contributed by atoms with Crippen molar-refractivity contribution in [1.82, 2.24) is 3.96 Å². The van der Waals surface area contributed by atoms with Gasteiger partial charge >= 0.3 is 0 Å². The maximum absolute atomic E-state index is 12.5. The Hall–Kier alpha value is -2.11. The Morgan fingerprint density at radius 2 is 1.59 bits per heavy atom. The van der Waals surface area contributed by atoms with E-state index in [0.717, 1.165) is 42.1 Å². The van der Waals surface area contributed by atoms with Crippen molar-refractivity contribution in [3.63, 3.8) is 0 Å². The summed E-state index contributed by atoms with van der Waals surface area (Å²) in [6.45, 7) is 3.39. The van der Waals surface area contributed by atoms with E-state index in [1.807, 2.05) is 36.4 Å². The Morgan fingerprint density at radius 1 is 0.909 bits per heavy atom. The summed E-state index contributed by atoms with van der Waals surface area (Å²) in [5.74, 6) is 0. The summed E-state index contributed by atoms with van der Waals surface area (Å²) in [7, 11) is 0. The largest absolute Gasteiger partial charge is 0.378 e. The second-order valence-electron chi connectivity index (χ2n) is 5.30. The summed E-state index contributed by atoms with van der Waals surface area (Å²) in [4.78, 5) is 14.8. The van der Waals surface area contributed by atoms with E-state index in [9.17, 15) is 4.79 Å². The normalized spacial score (nSPS) is 15.4. The molecule has 112 valence electrons. The molecule has 0 atom stereocenters.